The Balaban J connectivity index is 1.20. The van der Waals surface area contributed by atoms with E-state index in [0.717, 1.165) is 65.7 Å². The second kappa shape index (κ2) is 9.74. The van der Waals surface area contributed by atoms with Crippen LogP contribution in [0.2, 0.25) is 0 Å². The molecule has 2 bridgehead atoms. The van der Waals surface area contributed by atoms with Crippen molar-refractivity contribution in [2.24, 2.45) is 17.6 Å². The van der Waals surface area contributed by atoms with E-state index >= 15 is 0 Å². The van der Waals surface area contributed by atoms with Gasteiger partial charge in [0.25, 0.3) is 15.9 Å². The van der Waals surface area contributed by atoms with E-state index in [-0.39, 0.29) is 23.0 Å². The molecule has 6 heterocycles. The van der Waals surface area contributed by atoms with Crippen LogP contribution in [-0.2, 0) is 30.8 Å². The second-order valence-corrected chi connectivity index (χ2v) is 15.3. The minimum Gasteiger partial charge on any atom is -0.477 e. The van der Waals surface area contributed by atoms with Crippen LogP contribution in [0.25, 0.3) is 10.8 Å². The van der Waals surface area contributed by atoms with E-state index in [2.05, 4.69) is 0 Å². The molecule has 2 aromatic carbocycles. The molecule has 44 heavy (non-hydrogen) atoms. The number of aliphatic hydroxyl groups excluding tert-OH is 1. The van der Waals surface area contributed by atoms with Crippen LogP contribution in [0.4, 0.5) is 5.69 Å². The second-order valence-electron chi connectivity index (χ2n) is 13.5. The summed E-state index contributed by atoms with van der Waals surface area (Å²) < 4.78 is 31.8. The molecule has 234 valence electrons. The Labute approximate surface area is 256 Å². The lowest BCUT2D eigenvalue weighted by atomic mass is 9.78. The summed E-state index contributed by atoms with van der Waals surface area (Å²) in [5, 5.41) is 21.8. The van der Waals surface area contributed by atoms with Crippen molar-refractivity contribution in [1.82, 2.24) is 4.90 Å². The summed E-state index contributed by atoms with van der Waals surface area (Å²) in [7, 11) is -4.05. The number of primary amides is 1. The van der Waals surface area contributed by atoms with Gasteiger partial charge in [0.05, 0.1) is 36.8 Å². The van der Waals surface area contributed by atoms with Crippen molar-refractivity contribution < 1.29 is 42.0 Å². The Bertz CT molecular complexity index is 1750. The van der Waals surface area contributed by atoms with E-state index in [1.165, 1.54) is 16.1 Å². The maximum atomic E-state index is 14.4. The van der Waals surface area contributed by atoms with Crippen LogP contribution in [0.15, 0.2) is 46.5 Å². The Hall–Kier alpha value is -3.52. The van der Waals surface area contributed by atoms with Crippen LogP contribution in [0.1, 0.15) is 19.4 Å². The highest BCUT2D eigenvalue weighted by molar-refractivity contribution is 7.93. The molecule has 8 rings (SSSR count). The number of anilines is 1. The first kappa shape index (κ1) is 29.2. The highest BCUT2D eigenvalue weighted by Crippen LogP contribution is 2.50. The Morgan fingerprint density at radius 2 is 1.73 bits per heavy atom. The molecule has 0 radical (unpaired) electrons. The number of fused-ring (bicyclic) bond motifs is 4. The van der Waals surface area contributed by atoms with Crippen molar-refractivity contribution in [3.63, 3.8) is 0 Å². The fraction of sp³-hybridized carbons (Fsp3) is 0.516. The standard InChI is InChI=1S/C31H37N5O7S/c1-18-22(28(31(40)41)34-27(18)25(19(2)37)30(34)39)16-33-23-5-3-4-20-6-7-21(29(26(20)23)44(33,42)43)8-9-35-10-13-36(14-11-35,15-12-35)17-24(32)38/h3-7,18-19,25,27,37H,8-17H2,1-2H3,(H-2,32,38,40,41)/p+2/t18-,19+,25+,27+,35?,36?/m0/s1. The first-order chi connectivity index (χ1) is 20.8. The van der Waals surface area contributed by atoms with Crippen LogP contribution < -0.4 is 10.0 Å². The average molecular weight is 626 g/mol. The Morgan fingerprint density at radius 3 is 2.34 bits per heavy atom. The van der Waals surface area contributed by atoms with Gasteiger partial charge in [-0.2, -0.15) is 0 Å². The predicted molar refractivity (Wildman–Crippen MR) is 160 cm³/mol. The molecule has 4 N–H and O–H groups in total. The number of carboxylic acids is 1. The lowest BCUT2D eigenvalue weighted by Gasteiger charge is -2.55. The van der Waals surface area contributed by atoms with Crippen molar-refractivity contribution in [2.45, 2.75) is 37.3 Å². The fourth-order valence-electron chi connectivity index (χ4n) is 8.69. The number of quaternary nitrogens is 2. The lowest BCUT2D eigenvalue weighted by Crippen LogP contribution is -2.76. The molecule has 6 aliphatic rings. The van der Waals surface area contributed by atoms with Gasteiger partial charge in [0, 0.05) is 17.7 Å². The van der Waals surface area contributed by atoms with Gasteiger partial charge in [-0.05, 0) is 29.5 Å². The summed E-state index contributed by atoms with van der Waals surface area (Å²) in [5.74, 6) is -3.17. The van der Waals surface area contributed by atoms with Crippen LogP contribution in [-0.4, -0.2) is 121 Å². The summed E-state index contributed by atoms with van der Waals surface area (Å²) in [4.78, 5) is 38.5. The zero-order chi connectivity index (χ0) is 31.3. The van der Waals surface area contributed by atoms with E-state index in [4.69, 9.17) is 5.73 Å². The van der Waals surface area contributed by atoms with Crippen molar-refractivity contribution in [3.05, 3.63) is 47.2 Å². The molecule has 0 aliphatic carbocycles. The maximum absolute atomic E-state index is 14.4. The van der Waals surface area contributed by atoms with E-state index in [9.17, 15) is 33.0 Å². The predicted octanol–water partition coefficient (Wildman–Crippen LogP) is 0.233. The number of amides is 2. The lowest BCUT2D eigenvalue weighted by molar-refractivity contribution is -1.08. The molecule has 0 aromatic heterocycles. The zero-order valence-electron chi connectivity index (χ0n) is 25.0. The number of nitrogens with two attached hydrogens (primary N) is 1. The number of carboxylic acid groups (broad SMARTS) is 1. The minimum absolute atomic E-state index is 0.181. The van der Waals surface area contributed by atoms with E-state index in [1.807, 2.05) is 18.2 Å². The van der Waals surface area contributed by atoms with E-state index in [1.54, 1.807) is 19.1 Å². The smallest absolute Gasteiger partial charge is 0.352 e. The van der Waals surface area contributed by atoms with Crippen molar-refractivity contribution in [1.29, 1.82) is 0 Å². The summed E-state index contributed by atoms with van der Waals surface area (Å²) in [6.07, 6.45) is -0.371. The molecule has 4 atom stereocenters. The van der Waals surface area contributed by atoms with Gasteiger partial charge in [-0.1, -0.05) is 31.2 Å². The van der Waals surface area contributed by atoms with Gasteiger partial charge in [0.1, 0.15) is 49.9 Å². The summed E-state index contributed by atoms with van der Waals surface area (Å²) in [6.45, 7) is 9.73. The number of nitrogens with zero attached hydrogens (tertiary/aromatic N) is 4. The number of benzene rings is 2. The van der Waals surface area contributed by atoms with E-state index < -0.39 is 45.9 Å². The largest absolute Gasteiger partial charge is 0.477 e. The number of hydrogen-bond acceptors (Lipinski definition) is 6. The van der Waals surface area contributed by atoms with Crippen molar-refractivity contribution in [3.8, 4) is 0 Å². The number of aliphatic hydroxyl groups is 1. The van der Waals surface area contributed by atoms with Gasteiger partial charge in [0.2, 0.25) is 5.91 Å². The normalized spacial score (nSPS) is 32.2. The number of β-lactam (4-membered cyclic amide) rings is 1. The van der Waals surface area contributed by atoms with Gasteiger partial charge in [-0.15, -0.1) is 0 Å². The van der Waals surface area contributed by atoms with Crippen LogP contribution in [0.3, 0.4) is 0 Å². The highest BCUT2D eigenvalue weighted by Gasteiger charge is 2.60. The molecular formula is C31H39N5O7S+2. The molecular weight excluding hydrogens is 586 g/mol. The fourth-order valence-corrected chi connectivity index (χ4v) is 10.6. The average Bonchev–Trinajstić information content (AvgIpc) is 3.35. The highest BCUT2D eigenvalue weighted by atomic mass is 32.2. The molecule has 0 saturated carbocycles. The Morgan fingerprint density at radius 1 is 1.07 bits per heavy atom. The number of sulfonamides is 1. The van der Waals surface area contributed by atoms with Crippen molar-refractivity contribution in [2.75, 3.05) is 63.2 Å². The minimum atomic E-state index is -4.05. The Kier molecular flexibility index (Phi) is 6.46. The third-order valence-corrected chi connectivity index (χ3v) is 13.1. The van der Waals surface area contributed by atoms with Crippen LogP contribution in [0, 0.1) is 11.8 Å². The summed E-state index contributed by atoms with van der Waals surface area (Å²) >= 11 is 0. The number of carbonyl (C=O) groups is 3. The molecule has 4 saturated heterocycles. The van der Waals surface area contributed by atoms with Gasteiger partial charge in [-0.3, -0.25) is 13.9 Å². The molecule has 2 aromatic rings. The number of carbonyl (C=O) groups excluding carboxylic acids is 2. The quantitative estimate of drug-likeness (QED) is 0.266. The van der Waals surface area contributed by atoms with Crippen LogP contribution in [0.5, 0.6) is 0 Å². The molecule has 0 spiro atoms. The SMILES string of the molecule is C[C@@H](O)[C@H]1C(=O)N2C(C(=O)O)=C(CN3c4cccc5ccc(CC[N+]67CC[N+](CC(N)=O)(CC6)CC7)c(c45)S3(=O)=O)[C@H](C)[C@H]12. The number of hydrogen-bond donors (Lipinski definition) is 3. The summed E-state index contributed by atoms with van der Waals surface area (Å²) in [5.41, 5.74) is 6.97. The van der Waals surface area contributed by atoms with Gasteiger partial charge < -0.3 is 29.8 Å². The number of rotatable bonds is 9. The van der Waals surface area contributed by atoms with E-state index in [0.29, 0.717) is 29.6 Å². The number of piperazine rings is 3. The molecule has 0 unspecified atom stereocenters. The third kappa shape index (κ3) is 4.05. The zero-order valence-corrected chi connectivity index (χ0v) is 25.8. The molecule has 4 fully saturated rings. The van der Waals surface area contributed by atoms with Crippen molar-refractivity contribution >= 4 is 44.3 Å². The summed E-state index contributed by atoms with van der Waals surface area (Å²) in [6, 6.07) is 8.78. The molecule has 2 amide bonds. The first-order valence-electron chi connectivity index (χ1n) is 15.3. The molecule has 6 aliphatic heterocycles. The number of aliphatic carboxylic acids is 1. The third-order valence-electron chi connectivity index (χ3n) is 11.2. The molecule has 12 nitrogen and oxygen atoms in total. The maximum Gasteiger partial charge on any atom is 0.352 e. The van der Waals surface area contributed by atoms with Gasteiger partial charge >= 0.3 is 5.97 Å². The van der Waals surface area contributed by atoms with Gasteiger partial charge in [-0.25, -0.2) is 13.2 Å². The first-order valence-corrected chi connectivity index (χ1v) is 16.8. The topological polar surface area (TPSA) is 158 Å². The monoisotopic (exact) mass is 625 g/mol. The molecule has 13 heteroatoms. The van der Waals surface area contributed by atoms with Gasteiger partial charge in [0.15, 0.2) is 6.54 Å². The van der Waals surface area contributed by atoms with Crippen LogP contribution >= 0.6 is 0 Å².